The maximum absolute atomic E-state index is 12.5. The lowest BCUT2D eigenvalue weighted by molar-refractivity contribution is -0.112. The number of anilines is 1. The van der Waals surface area contributed by atoms with Crippen LogP contribution in [0, 0.1) is 11.3 Å². The molecule has 162 valence electrons. The van der Waals surface area contributed by atoms with E-state index in [0.717, 1.165) is 0 Å². The van der Waals surface area contributed by atoms with Crippen molar-refractivity contribution in [2.24, 2.45) is 0 Å². The lowest BCUT2D eigenvalue weighted by Gasteiger charge is -2.15. The Bertz CT molecular complexity index is 988. The van der Waals surface area contributed by atoms with Crippen LogP contribution in [0.2, 0.25) is 0 Å². The van der Waals surface area contributed by atoms with Crippen molar-refractivity contribution in [3.63, 3.8) is 0 Å². The van der Waals surface area contributed by atoms with Crippen LogP contribution in [0.25, 0.3) is 6.08 Å². The Morgan fingerprint density at radius 1 is 1.06 bits per heavy atom. The Morgan fingerprint density at radius 2 is 1.77 bits per heavy atom. The lowest BCUT2D eigenvalue weighted by atomic mass is 10.1. The Balaban J connectivity index is 2.19. The number of carbonyl (C=O) groups is 2. The highest BCUT2D eigenvalue weighted by molar-refractivity contribution is 6.09. The van der Waals surface area contributed by atoms with Crippen molar-refractivity contribution in [1.82, 2.24) is 0 Å². The number of hydrogen-bond acceptors (Lipinski definition) is 6. The summed E-state index contributed by atoms with van der Waals surface area (Å²) in [6, 6.07) is 13.4. The standard InChI is InChI=1S/C24H26N2O5/c1-5-29-22-14-17(7-12-21(22)31-16(3)4)13-19(15-25)23(27)26-20-10-8-18(9-11-20)24(28)30-6-2/h7-14,16H,5-6H2,1-4H3,(H,26,27)/b19-13+. The van der Waals surface area contributed by atoms with Gasteiger partial charge in [-0.1, -0.05) is 6.07 Å². The first-order valence-electron chi connectivity index (χ1n) is 10.0. The van der Waals surface area contributed by atoms with Gasteiger partial charge in [0.25, 0.3) is 5.91 Å². The van der Waals surface area contributed by atoms with Crippen LogP contribution >= 0.6 is 0 Å². The van der Waals surface area contributed by atoms with Crippen LogP contribution in [0.5, 0.6) is 11.5 Å². The molecule has 2 aromatic rings. The molecule has 0 fully saturated rings. The third kappa shape index (κ3) is 6.89. The fourth-order valence-electron chi connectivity index (χ4n) is 2.65. The quantitative estimate of drug-likeness (QED) is 0.360. The van der Waals surface area contributed by atoms with Crippen molar-refractivity contribution < 1.29 is 23.8 Å². The highest BCUT2D eigenvalue weighted by Gasteiger charge is 2.13. The maximum Gasteiger partial charge on any atom is 0.338 e. The summed E-state index contributed by atoms with van der Waals surface area (Å²) >= 11 is 0. The van der Waals surface area contributed by atoms with Gasteiger partial charge in [0.15, 0.2) is 11.5 Å². The Hall–Kier alpha value is -3.79. The first-order chi connectivity index (χ1) is 14.9. The van der Waals surface area contributed by atoms with Gasteiger partial charge in [-0.05, 0) is 75.7 Å². The van der Waals surface area contributed by atoms with Crippen LogP contribution in [-0.4, -0.2) is 31.2 Å². The van der Waals surface area contributed by atoms with Crippen LogP contribution in [0.3, 0.4) is 0 Å². The average molecular weight is 422 g/mol. The number of benzene rings is 2. The maximum atomic E-state index is 12.5. The molecule has 7 nitrogen and oxygen atoms in total. The van der Waals surface area contributed by atoms with E-state index in [0.29, 0.717) is 34.9 Å². The minimum absolute atomic E-state index is 0.0173. The van der Waals surface area contributed by atoms with E-state index in [1.54, 1.807) is 49.4 Å². The molecule has 0 aromatic heterocycles. The van der Waals surface area contributed by atoms with Gasteiger partial charge in [-0.2, -0.15) is 5.26 Å². The van der Waals surface area contributed by atoms with Gasteiger partial charge in [0, 0.05) is 5.69 Å². The minimum Gasteiger partial charge on any atom is -0.490 e. The minimum atomic E-state index is -0.563. The summed E-state index contributed by atoms with van der Waals surface area (Å²) in [7, 11) is 0. The Morgan fingerprint density at radius 3 is 2.35 bits per heavy atom. The molecule has 0 bridgehead atoms. The number of nitrogens with zero attached hydrogens (tertiary/aromatic N) is 1. The molecule has 0 spiro atoms. The Kier molecular flexibility index (Phi) is 8.64. The van der Waals surface area contributed by atoms with Crippen molar-refractivity contribution in [1.29, 1.82) is 5.26 Å². The summed E-state index contributed by atoms with van der Waals surface area (Å²) in [6.07, 6.45) is 1.46. The molecule has 0 aliphatic carbocycles. The number of rotatable bonds is 9. The molecule has 0 saturated heterocycles. The fraction of sp³-hybridized carbons (Fsp3) is 0.292. The van der Waals surface area contributed by atoms with Gasteiger partial charge in [-0.25, -0.2) is 4.79 Å². The summed E-state index contributed by atoms with van der Waals surface area (Å²) in [5.74, 6) is 0.135. The molecule has 0 radical (unpaired) electrons. The van der Waals surface area contributed by atoms with Gasteiger partial charge in [-0.3, -0.25) is 4.79 Å². The van der Waals surface area contributed by atoms with Gasteiger partial charge in [0.05, 0.1) is 24.9 Å². The van der Waals surface area contributed by atoms with Gasteiger partial charge < -0.3 is 19.5 Å². The van der Waals surface area contributed by atoms with E-state index in [2.05, 4.69) is 5.32 Å². The Labute approximate surface area is 182 Å². The highest BCUT2D eigenvalue weighted by Crippen LogP contribution is 2.30. The van der Waals surface area contributed by atoms with E-state index < -0.39 is 11.9 Å². The number of ether oxygens (including phenoxy) is 3. The molecule has 0 atom stereocenters. The van der Waals surface area contributed by atoms with Crippen molar-refractivity contribution >= 4 is 23.6 Å². The molecule has 0 aliphatic heterocycles. The second-order valence-corrected chi connectivity index (χ2v) is 6.73. The average Bonchev–Trinajstić information content (AvgIpc) is 2.74. The predicted octanol–water partition coefficient (Wildman–Crippen LogP) is 4.59. The van der Waals surface area contributed by atoms with Crippen LogP contribution < -0.4 is 14.8 Å². The largest absolute Gasteiger partial charge is 0.490 e. The van der Waals surface area contributed by atoms with Crippen molar-refractivity contribution in [3.05, 3.63) is 59.2 Å². The van der Waals surface area contributed by atoms with Crippen LogP contribution in [0.1, 0.15) is 43.6 Å². The van der Waals surface area contributed by atoms with Crippen LogP contribution in [-0.2, 0) is 9.53 Å². The van der Waals surface area contributed by atoms with Gasteiger partial charge in [0.1, 0.15) is 11.6 Å². The van der Waals surface area contributed by atoms with E-state index in [4.69, 9.17) is 14.2 Å². The van der Waals surface area contributed by atoms with Gasteiger partial charge in [0.2, 0.25) is 0 Å². The first kappa shape index (κ1) is 23.5. The molecule has 0 unspecified atom stereocenters. The van der Waals surface area contributed by atoms with E-state index in [1.165, 1.54) is 6.08 Å². The van der Waals surface area contributed by atoms with E-state index >= 15 is 0 Å². The molecule has 2 aromatic carbocycles. The number of nitrogens with one attached hydrogen (secondary N) is 1. The van der Waals surface area contributed by atoms with Crippen LogP contribution in [0.15, 0.2) is 48.0 Å². The number of nitriles is 1. The number of hydrogen-bond donors (Lipinski definition) is 1. The monoisotopic (exact) mass is 422 g/mol. The fourth-order valence-corrected chi connectivity index (χ4v) is 2.65. The van der Waals surface area contributed by atoms with Crippen molar-refractivity contribution in [3.8, 4) is 17.6 Å². The molecular formula is C24H26N2O5. The van der Waals surface area contributed by atoms with Crippen molar-refractivity contribution in [2.75, 3.05) is 18.5 Å². The van der Waals surface area contributed by atoms with Crippen molar-refractivity contribution in [2.45, 2.75) is 33.8 Å². The zero-order valence-corrected chi connectivity index (χ0v) is 18.1. The van der Waals surface area contributed by atoms with E-state index in [-0.39, 0.29) is 18.3 Å². The van der Waals surface area contributed by atoms with E-state index in [9.17, 15) is 14.9 Å². The summed E-state index contributed by atoms with van der Waals surface area (Å²) in [6.45, 7) is 8.16. The summed E-state index contributed by atoms with van der Waals surface area (Å²) in [5.41, 5.74) is 1.39. The molecule has 0 saturated carbocycles. The van der Waals surface area contributed by atoms with Gasteiger partial charge >= 0.3 is 5.97 Å². The molecule has 2 rings (SSSR count). The molecule has 1 amide bonds. The second kappa shape index (κ2) is 11.4. The predicted molar refractivity (Wildman–Crippen MR) is 118 cm³/mol. The molecule has 7 heteroatoms. The summed E-state index contributed by atoms with van der Waals surface area (Å²) in [5, 5.41) is 12.1. The smallest absolute Gasteiger partial charge is 0.338 e. The summed E-state index contributed by atoms with van der Waals surface area (Å²) < 4.78 is 16.3. The SMILES string of the molecule is CCOC(=O)c1ccc(NC(=O)/C(C#N)=C/c2ccc(OC(C)C)c(OCC)c2)cc1. The molecular weight excluding hydrogens is 396 g/mol. The summed E-state index contributed by atoms with van der Waals surface area (Å²) in [4.78, 5) is 24.3. The molecule has 31 heavy (non-hydrogen) atoms. The zero-order chi connectivity index (χ0) is 22.8. The zero-order valence-electron chi connectivity index (χ0n) is 18.1. The molecule has 0 aliphatic rings. The number of carbonyl (C=O) groups excluding carboxylic acids is 2. The second-order valence-electron chi connectivity index (χ2n) is 6.73. The molecule has 1 N–H and O–H groups in total. The number of esters is 1. The highest BCUT2D eigenvalue weighted by atomic mass is 16.5. The third-order valence-corrected chi connectivity index (χ3v) is 3.96. The van der Waals surface area contributed by atoms with Gasteiger partial charge in [-0.15, -0.1) is 0 Å². The topological polar surface area (TPSA) is 97.7 Å². The van der Waals surface area contributed by atoms with E-state index in [1.807, 2.05) is 26.8 Å². The number of amides is 1. The first-order valence-corrected chi connectivity index (χ1v) is 10.0. The van der Waals surface area contributed by atoms with Crippen LogP contribution in [0.4, 0.5) is 5.69 Å². The third-order valence-electron chi connectivity index (χ3n) is 3.96. The lowest BCUT2D eigenvalue weighted by Crippen LogP contribution is -2.13. The normalized spacial score (nSPS) is 10.9. The molecule has 0 heterocycles.